The minimum Gasteiger partial charge on any atom is -0.465 e. The van der Waals surface area contributed by atoms with Crippen molar-refractivity contribution in [1.29, 1.82) is 0 Å². The highest BCUT2D eigenvalue weighted by atomic mass is 16.5. The number of carbonyl (C=O) groups excluding carboxylic acids is 1. The number of carbonyl (C=O) groups is 1. The second-order valence-corrected chi connectivity index (χ2v) is 3.44. The van der Waals surface area contributed by atoms with Crippen molar-refractivity contribution >= 4 is 5.97 Å². The first-order valence-corrected chi connectivity index (χ1v) is 5.25. The van der Waals surface area contributed by atoms with Crippen molar-refractivity contribution in [3.8, 4) is 0 Å². The number of morpholine rings is 1. The van der Waals surface area contributed by atoms with Gasteiger partial charge in [0, 0.05) is 13.1 Å². The molecule has 0 aliphatic carbocycles. The molecule has 1 aliphatic heterocycles. The van der Waals surface area contributed by atoms with Crippen LogP contribution in [0.4, 0.5) is 0 Å². The average molecular weight is 201 g/mol. The molecule has 0 bridgehead atoms. The Kier molecular flexibility index (Phi) is 4.90. The monoisotopic (exact) mass is 201 g/mol. The molecule has 14 heavy (non-hydrogen) atoms. The molecule has 1 fully saturated rings. The Balaban J connectivity index is 2.26. The molecule has 4 heteroatoms. The lowest BCUT2D eigenvalue weighted by Gasteiger charge is -2.31. The van der Waals surface area contributed by atoms with E-state index in [9.17, 15) is 4.79 Å². The Labute approximate surface area is 85.2 Å². The third-order valence-corrected chi connectivity index (χ3v) is 2.34. The predicted octanol–water partition coefficient (Wildman–Crippen LogP) is 0.660. The molecule has 1 atom stereocenters. The predicted molar refractivity (Wildman–Crippen MR) is 53.1 cm³/mol. The number of rotatable bonds is 4. The van der Waals surface area contributed by atoms with Crippen LogP contribution in [0, 0.1) is 0 Å². The second kappa shape index (κ2) is 5.98. The molecular formula is C10H19NO3. The lowest BCUT2D eigenvalue weighted by molar-refractivity contribution is -0.146. The van der Waals surface area contributed by atoms with Crippen LogP contribution in [0.2, 0.25) is 0 Å². The number of esters is 1. The van der Waals surface area contributed by atoms with Gasteiger partial charge in [-0.25, -0.2) is 0 Å². The van der Waals surface area contributed by atoms with Gasteiger partial charge in [0.15, 0.2) is 0 Å². The summed E-state index contributed by atoms with van der Waals surface area (Å²) >= 11 is 0. The van der Waals surface area contributed by atoms with E-state index in [0.717, 1.165) is 26.1 Å². The molecule has 0 aromatic rings. The number of hydrogen-bond donors (Lipinski definition) is 0. The van der Waals surface area contributed by atoms with Crippen LogP contribution < -0.4 is 0 Å². The van der Waals surface area contributed by atoms with Crippen LogP contribution in [0.5, 0.6) is 0 Å². The Morgan fingerprint density at radius 3 is 3.00 bits per heavy atom. The van der Waals surface area contributed by atoms with Crippen LogP contribution in [-0.2, 0) is 14.3 Å². The normalized spacial score (nSPS) is 23.4. The molecule has 0 saturated carbocycles. The third kappa shape index (κ3) is 3.64. The summed E-state index contributed by atoms with van der Waals surface area (Å²) in [6.45, 7) is 7.17. The average Bonchev–Trinajstić information content (AvgIpc) is 2.18. The molecule has 0 aromatic heterocycles. The van der Waals surface area contributed by atoms with E-state index in [1.165, 1.54) is 0 Å². The zero-order valence-electron chi connectivity index (χ0n) is 8.99. The van der Waals surface area contributed by atoms with Crippen LogP contribution in [-0.4, -0.2) is 49.8 Å². The van der Waals surface area contributed by atoms with Gasteiger partial charge in [0.05, 0.1) is 25.9 Å². The van der Waals surface area contributed by atoms with E-state index < -0.39 is 0 Å². The summed E-state index contributed by atoms with van der Waals surface area (Å²) in [6.07, 6.45) is 1.28. The van der Waals surface area contributed by atoms with Crippen molar-refractivity contribution in [2.45, 2.75) is 26.4 Å². The van der Waals surface area contributed by atoms with Crippen molar-refractivity contribution in [1.82, 2.24) is 4.90 Å². The second-order valence-electron chi connectivity index (χ2n) is 3.44. The van der Waals surface area contributed by atoms with Crippen molar-refractivity contribution in [2.75, 3.05) is 32.8 Å². The molecule has 0 radical (unpaired) electrons. The Bertz CT molecular complexity index is 184. The van der Waals surface area contributed by atoms with Gasteiger partial charge in [-0.2, -0.15) is 0 Å². The van der Waals surface area contributed by atoms with E-state index in [1.807, 2.05) is 6.92 Å². The quantitative estimate of drug-likeness (QED) is 0.626. The lowest BCUT2D eigenvalue weighted by atomic mass is 10.2. The summed E-state index contributed by atoms with van der Waals surface area (Å²) in [5.74, 6) is -0.135. The zero-order chi connectivity index (χ0) is 10.4. The molecule has 1 aliphatic rings. The highest BCUT2D eigenvalue weighted by Crippen LogP contribution is 2.07. The van der Waals surface area contributed by atoms with Crippen molar-refractivity contribution < 1.29 is 14.3 Å². The van der Waals surface area contributed by atoms with E-state index in [-0.39, 0.29) is 12.1 Å². The summed E-state index contributed by atoms with van der Waals surface area (Å²) in [5, 5.41) is 0. The van der Waals surface area contributed by atoms with Crippen LogP contribution >= 0.6 is 0 Å². The van der Waals surface area contributed by atoms with Gasteiger partial charge in [-0.1, -0.05) is 6.92 Å². The number of ether oxygens (including phenoxy) is 2. The molecule has 1 unspecified atom stereocenters. The fourth-order valence-corrected chi connectivity index (χ4v) is 1.56. The zero-order valence-corrected chi connectivity index (χ0v) is 8.99. The first kappa shape index (κ1) is 11.5. The number of nitrogens with zero attached hydrogens (tertiary/aromatic N) is 1. The summed E-state index contributed by atoms with van der Waals surface area (Å²) in [4.78, 5) is 13.3. The summed E-state index contributed by atoms with van der Waals surface area (Å²) in [5.41, 5.74) is 0. The largest absolute Gasteiger partial charge is 0.465 e. The lowest BCUT2D eigenvalue weighted by Crippen LogP contribution is -2.44. The van der Waals surface area contributed by atoms with E-state index >= 15 is 0 Å². The standard InChI is InChI=1S/C10H19NO3/c1-3-9-7-11(5-6-14-9)8-10(12)13-4-2/h9H,3-8H2,1-2H3. The summed E-state index contributed by atoms with van der Waals surface area (Å²) in [7, 11) is 0. The van der Waals surface area contributed by atoms with E-state index in [0.29, 0.717) is 13.2 Å². The molecule has 1 saturated heterocycles. The summed E-state index contributed by atoms with van der Waals surface area (Å²) in [6, 6.07) is 0. The molecule has 0 spiro atoms. The van der Waals surface area contributed by atoms with Gasteiger partial charge < -0.3 is 9.47 Å². The Morgan fingerprint density at radius 1 is 1.57 bits per heavy atom. The van der Waals surface area contributed by atoms with Crippen molar-refractivity contribution in [3.63, 3.8) is 0 Å². The van der Waals surface area contributed by atoms with E-state index in [1.54, 1.807) is 0 Å². The highest BCUT2D eigenvalue weighted by Gasteiger charge is 2.20. The van der Waals surface area contributed by atoms with Gasteiger partial charge in [-0.05, 0) is 13.3 Å². The maximum atomic E-state index is 11.2. The van der Waals surface area contributed by atoms with Crippen molar-refractivity contribution in [2.24, 2.45) is 0 Å². The molecule has 82 valence electrons. The molecule has 0 aromatic carbocycles. The minimum atomic E-state index is -0.135. The van der Waals surface area contributed by atoms with Gasteiger partial charge in [-0.3, -0.25) is 9.69 Å². The van der Waals surface area contributed by atoms with E-state index in [4.69, 9.17) is 9.47 Å². The molecular weight excluding hydrogens is 182 g/mol. The van der Waals surface area contributed by atoms with Crippen molar-refractivity contribution in [3.05, 3.63) is 0 Å². The van der Waals surface area contributed by atoms with Gasteiger partial charge in [0.25, 0.3) is 0 Å². The van der Waals surface area contributed by atoms with E-state index in [2.05, 4.69) is 11.8 Å². The smallest absolute Gasteiger partial charge is 0.320 e. The van der Waals surface area contributed by atoms with Crippen LogP contribution in [0.1, 0.15) is 20.3 Å². The van der Waals surface area contributed by atoms with Gasteiger partial charge in [0.2, 0.25) is 0 Å². The molecule has 0 N–H and O–H groups in total. The minimum absolute atomic E-state index is 0.135. The first-order valence-electron chi connectivity index (χ1n) is 5.25. The molecule has 0 amide bonds. The van der Waals surface area contributed by atoms with Gasteiger partial charge in [0.1, 0.15) is 0 Å². The van der Waals surface area contributed by atoms with Gasteiger partial charge >= 0.3 is 5.97 Å². The number of hydrogen-bond acceptors (Lipinski definition) is 4. The SMILES string of the molecule is CCOC(=O)CN1CCOC(CC)C1. The molecule has 4 nitrogen and oxygen atoms in total. The fraction of sp³-hybridized carbons (Fsp3) is 0.900. The first-order chi connectivity index (χ1) is 6.76. The third-order valence-electron chi connectivity index (χ3n) is 2.34. The topological polar surface area (TPSA) is 38.8 Å². The summed E-state index contributed by atoms with van der Waals surface area (Å²) < 4.78 is 10.4. The van der Waals surface area contributed by atoms with Crippen LogP contribution in [0.15, 0.2) is 0 Å². The molecule has 1 rings (SSSR count). The van der Waals surface area contributed by atoms with Crippen LogP contribution in [0.3, 0.4) is 0 Å². The van der Waals surface area contributed by atoms with Gasteiger partial charge in [-0.15, -0.1) is 0 Å². The Morgan fingerprint density at radius 2 is 2.36 bits per heavy atom. The Hall–Kier alpha value is -0.610. The fourth-order valence-electron chi connectivity index (χ4n) is 1.56. The maximum absolute atomic E-state index is 11.2. The molecule has 1 heterocycles. The maximum Gasteiger partial charge on any atom is 0.320 e. The highest BCUT2D eigenvalue weighted by molar-refractivity contribution is 5.71. The van der Waals surface area contributed by atoms with Crippen LogP contribution in [0.25, 0.3) is 0 Å².